The van der Waals surface area contributed by atoms with Gasteiger partial charge in [0.1, 0.15) is 5.56 Å². The fourth-order valence-electron chi connectivity index (χ4n) is 5.21. The van der Waals surface area contributed by atoms with E-state index >= 15 is 0 Å². The molecule has 37 heavy (non-hydrogen) atoms. The van der Waals surface area contributed by atoms with Gasteiger partial charge in [0, 0.05) is 12.6 Å². The summed E-state index contributed by atoms with van der Waals surface area (Å²) in [5.74, 6) is 0.323. The minimum atomic E-state index is -2.40. The number of carbonyl (C=O) groups is 1. The van der Waals surface area contributed by atoms with Crippen molar-refractivity contribution in [2.75, 3.05) is 20.3 Å². The van der Waals surface area contributed by atoms with Gasteiger partial charge in [0.2, 0.25) is 0 Å². The summed E-state index contributed by atoms with van der Waals surface area (Å²) in [5.41, 5.74) is 0.606. The van der Waals surface area contributed by atoms with Gasteiger partial charge >= 0.3 is 0 Å². The Kier molecular flexibility index (Phi) is 9.69. The molecule has 8 nitrogen and oxygen atoms in total. The molecule has 1 atom stereocenters. The molecule has 0 spiro atoms. The molecule has 1 amide bonds. The minimum absolute atomic E-state index is 0.0251. The van der Waals surface area contributed by atoms with Gasteiger partial charge < -0.3 is 18.5 Å². The normalized spacial score (nSPS) is 16.8. The number of benzene rings is 1. The quantitative estimate of drug-likeness (QED) is 0.161. The highest BCUT2D eigenvalue weighted by Gasteiger charge is 2.48. The molecule has 1 heterocycles. The van der Waals surface area contributed by atoms with E-state index in [0.717, 1.165) is 6.42 Å². The molecule has 210 valence electrons. The molecule has 0 aromatic heterocycles. The van der Waals surface area contributed by atoms with E-state index in [1.165, 1.54) is 19.2 Å². The first-order chi connectivity index (χ1) is 16.9. The second-order valence-electron chi connectivity index (χ2n) is 12.7. The zero-order chi connectivity index (χ0) is 28.5. The van der Waals surface area contributed by atoms with Crippen molar-refractivity contribution in [3.8, 4) is 11.5 Å². The lowest BCUT2D eigenvalue weighted by Crippen LogP contribution is -2.55. The number of ether oxygens (including phenoxy) is 1. The van der Waals surface area contributed by atoms with Crippen LogP contribution < -0.4 is 9.16 Å². The van der Waals surface area contributed by atoms with Gasteiger partial charge in [-0.1, -0.05) is 62.3 Å². The summed E-state index contributed by atoms with van der Waals surface area (Å²) in [4.78, 5) is 26.9. The Hall–Kier alpha value is -1.92. The summed E-state index contributed by atoms with van der Waals surface area (Å²) in [5, 5.41) is 12.2. The number of rotatable bonds is 11. The number of methoxy groups -OCH3 is 1. The smallest absolute Gasteiger partial charge is 0.286 e. The van der Waals surface area contributed by atoms with Crippen LogP contribution in [0.2, 0.25) is 34.8 Å². The molecule has 1 aromatic rings. The van der Waals surface area contributed by atoms with Crippen LogP contribution in [-0.4, -0.2) is 58.7 Å². The molecule has 10 heteroatoms. The van der Waals surface area contributed by atoms with E-state index in [2.05, 4.69) is 75.4 Å². The van der Waals surface area contributed by atoms with Crippen molar-refractivity contribution >= 4 is 28.2 Å². The highest BCUT2D eigenvalue weighted by molar-refractivity contribution is 6.78. The molecule has 1 unspecified atom stereocenters. The molecule has 0 radical (unpaired) electrons. The number of hydrogen-bond donors (Lipinski definition) is 0. The fourth-order valence-corrected chi connectivity index (χ4v) is 11.5. The van der Waals surface area contributed by atoms with Gasteiger partial charge in [0.15, 0.2) is 19.8 Å². The molecule has 2 rings (SSSR count). The molecule has 1 fully saturated rings. The number of carbonyl (C=O) groups excluding carboxylic acids is 1. The average molecular weight is 553 g/mol. The van der Waals surface area contributed by atoms with Crippen molar-refractivity contribution in [3.63, 3.8) is 0 Å². The van der Waals surface area contributed by atoms with E-state index in [4.69, 9.17) is 13.6 Å². The SMILES string of the molecule is COc1cc(C(=O)N2CCC2CO[Si](C)(C)C(C)(C)C)c([N+](=O)[O-])cc1O[Si](C(C)C)(C(C)C)C(C)C. The fraction of sp³-hybridized carbons (Fsp3) is 0.741. The summed E-state index contributed by atoms with van der Waals surface area (Å²) in [6, 6.07) is 2.79. The van der Waals surface area contributed by atoms with Crippen LogP contribution in [0.5, 0.6) is 11.5 Å². The summed E-state index contributed by atoms with van der Waals surface area (Å²) in [6.45, 7) is 24.8. The largest absolute Gasteiger partial charge is 0.540 e. The summed E-state index contributed by atoms with van der Waals surface area (Å²) >= 11 is 0. The molecule has 0 bridgehead atoms. The molecule has 1 saturated heterocycles. The van der Waals surface area contributed by atoms with Gasteiger partial charge in [0.25, 0.3) is 19.9 Å². The van der Waals surface area contributed by atoms with Crippen LogP contribution >= 0.6 is 0 Å². The van der Waals surface area contributed by atoms with E-state index in [-0.39, 0.29) is 44.9 Å². The molecule has 0 N–H and O–H groups in total. The lowest BCUT2D eigenvalue weighted by molar-refractivity contribution is -0.385. The Morgan fingerprint density at radius 3 is 2.00 bits per heavy atom. The van der Waals surface area contributed by atoms with Crippen molar-refractivity contribution < 1.29 is 23.3 Å². The topological polar surface area (TPSA) is 91.1 Å². The predicted octanol–water partition coefficient (Wildman–Crippen LogP) is 7.39. The van der Waals surface area contributed by atoms with Crippen molar-refractivity contribution in [3.05, 3.63) is 27.8 Å². The summed E-state index contributed by atoms with van der Waals surface area (Å²) < 4.78 is 18.7. The minimum Gasteiger partial charge on any atom is -0.540 e. The van der Waals surface area contributed by atoms with E-state index in [1.54, 1.807) is 4.90 Å². The number of hydrogen-bond acceptors (Lipinski definition) is 6. The molecule has 1 aliphatic rings. The first-order valence-corrected chi connectivity index (χ1v) is 18.5. The van der Waals surface area contributed by atoms with Crippen LogP contribution in [0.15, 0.2) is 12.1 Å². The number of likely N-dealkylation sites (tertiary alicyclic amines) is 1. The van der Waals surface area contributed by atoms with Crippen LogP contribution in [0.4, 0.5) is 5.69 Å². The predicted molar refractivity (Wildman–Crippen MR) is 154 cm³/mol. The third-order valence-corrected chi connectivity index (χ3v) is 19.0. The first kappa shape index (κ1) is 31.3. The number of nitrogens with zero attached hydrogens (tertiary/aromatic N) is 2. The molecular weight excluding hydrogens is 504 g/mol. The van der Waals surface area contributed by atoms with Gasteiger partial charge in [-0.3, -0.25) is 14.9 Å². The molecule has 1 aliphatic heterocycles. The zero-order valence-corrected chi connectivity index (χ0v) is 26.9. The van der Waals surface area contributed by atoms with Crippen molar-refractivity contribution in [1.29, 1.82) is 0 Å². The van der Waals surface area contributed by atoms with Crippen LogP contribution in [0.1, 0.15) is 79.1 Å². The van der Waals surface area contributed by atoms with Crippen molar-refractivity contribution in [2.45, 2.75) is 110 Å². The average Bonchev–Trinajstić information content (AvgIpc) is 2.74. The number of nitro benzene ring substituents is 1. The monoisotopic (exact) mass is 552 g/mol. The second-order valence-corrected chi connectivity index (χ2v) is 22.9. The summed E-state index contributed by atoms with van der Waals surface area (Å²) in [7, 11) is -2.87. The standard InChI is InChI=1S/C27H48N2O6Si2/c1-18(2)37(19(3)4,20(5)6)35-25-16-23(29(31)32)22(15-24(25)33-10)26(30)28-14-13-21(28)17-34-36(11,12)27(7,8)9/h15-16,18-21H,13-14,17H2,1-12H3. The molecule has 0 saturated carbocycles. The van der Waals surface area contributed by atoms with E-state index in [1.807, 2.05) is 0 Å². The third kappa shape index (κ3) is 6.22. The molecular formula is C27H48N2O6Si2. The Morgan fingerprint density at radius 2 is 1.62 bits per heavy atom. The van der Waals surface area contributed by atoms with Crippen molar-refractivity contribution in [2.24, 2.45) is 0 Å². The lowest BCUT2D eigenvalue weighted by atomic mass is 10.0. The zero-order valence-electron chi connectivity index (χ0n) is 24.9. The lowest BCUT2D eigenvalue weighted by Gasteiger charge is -2.44. The van der Waals surface area contributed by atoms with Crippen LogP contribution in [0.25, 0.3) is 0 Å². The Morgan fingerprint density at radius 1 is 1.08 bits per heavy atom. The van der Waals surface area contributed by atoms with Gasteiger partial charge in [-0.05, 0) is 41.2 Å². The van der Waals surface area contributed by atoms with Crippen LogP contribution in [-0.2, 0) is 4.43 Å². The molecule has 0 aliphatic carbocycles. The van der Waals surface area contributed by atoms with E-state index in [9.17, 15) is 14.9 Å². The van der Waals surface area contributed by atoms with Gasteiger partial charge in [-0.15, -0.1) is 0 Å². The highest BCUT2D eigenvalue weighted by Crippen LogP contribution is 2.46. The van der Waals surface area contributed by atoms with Crippen LogP contribution in [0, 0.1) is 10.1 Å². The Bertz CT molecular complexity index is 966. The number of nitro groups is 1. The maximum Gasteiger partial charge on any atom is 0.286 e. The van der Waals surface area contributed by atoms with Crippen LogP contribution in [0.3, 0.4) is 0 Å². The second kappa shape index (κ2) is 11.4. The maximum absolute atomic E-state index is 13.6. The van der Waals surface area contributed by atoms with E-state index in [0.29, 0.717) is 24.7 Å². The van der Waals surface area contributed by atoms with Gasteiger partial charge in [-0.2, -0.15) is 0 Å². The van der Waals surface area contributed by atoms with Crippen molar-refractivity contribution in [1.82, 2.24) is 4.90 Å². The maximum atomic E-state index is 13.6. The van der Waals surface area contributed by atoms with E-state index < -0.39 is 21.6 Å². The Balaban J connectivity index is 2.43. The van der Waals surface area contributed by atoms with Gasteiger partial charge in [0.05, 0.1) is 30.7 Å². The van der Waals surface area contributed by atoms with Gasteiger partial charge in [-0.25, -0.2) is 0 Å². The Labute approximate surface area is 225 Å². The number of amides is 1. The highest BCUT2D eigenvalue weighted by atomic mass is 28.4. The molecule has 1 aromatic carbocycles. The third-order valence-electron chi connectivity index (χ3n) is 8.55. The first-order valence-electron chi connectivity index (χ1n) is 13.4. The summed E-state index contributed by atoms with van der Waals surface area (Å²) in [6.07, 6.45) is 0.817.